The lowest BCUT2D eigenvalue weighted by Crippen LogP contribution is -2.21. The highest BCUT2D eigenvalue weighted by atomic mass is 19.4. The van der Waals surface area contributed by atoms with E-state index in [4.69, 9.17) is 0 Å². The molecular formula is C5H7BF3O-. The lowest BCUT2D eigenvalue weighted by atomic mass is 9.72. The third kappa shape index (κ3) is 1.52. The quantitative estimate of drug-likeness (QED) is 0.523. The minimum Gasteiger partial charge on any atom is -0.449 e. The maximum absolute atomic E-state index is 11.8. The van der Waals surface area contributed by atoms with Crippen LogP contribution in [-0.2, 0) is 4.79 Å². The highest BCUT2D eigenvalue weighted by Crippen LogP contribution is 2.38. The second kappa shape index (κ2) is 2.29. The third-order valence-electron chi connectivity index (χ3n) is 1.82. The van der Waals surface area contributed by atoms with Gasteiger partial charge in [-0.2, -0.15) is 0 Å². The Morgan fingerprint density at radius 1 is 1.40 bits per heavy atom. The van der Waals surface area contributed by atoms with Gasteiger partial charge in [-0.05, 0) is 6.42 Å². The molecule has 0 aromatic rings. The van der Waals surface area contributed by atoms with E-state index in [1.54, 1.807) is 0 Å². The van der Waals surface area contributed by atoms with Crippen molar-refractivity contribution >= 4 is 12.8 Å². The molecule has 1 aliphatic rings. The van der Waals surface area contributed by atoms with Crippen LogP contribution >= 0.6 is 0 Å². The van der Waals surface area contributed by atoms with E-state index in [1.807, 2.05) is 0 Å². The van der Waals surface area contributed by atoms with Crippen molar-refractivity contribution in [2.75, 3.05) is 0 Å². The zero-order chi connectivity index (χ0) is 7.78. The molecule has 0 unspecified atom stereocenters. The van der Waals surface area contributed by atoms with Crippen LogP contribution in [0.1, 0.15) is 19.3 Å². The molecule has 0 heterocycles. The van der Waals surface area contributed by atoms with Crippen molar-refractivity contribution in [3.05, 3.63) is 0 Å². The summed E-state index contributed by atoms with van der Waals surface area (Å²) in [4.78, 5) is 10.4. The molecule has 0 saturated heterocycles. The number of hydrogen-bond donors (Lipinski definition) is 0. The summed E-state index contributed by atoms with van der Waals surface area (Å²) in [5.74, 6) is -1.54. The summed E-state index contributed by atoms with van der Waals surface area (Å²) in [6.45, 7) is -4.76. The Balaban J connectivity index is 2.53. The van der Waals surface area contributed by atoms with E-state index < -0.39 is 12.8 Å². The summed E-state index contributed by atoms with van der Waals surface area (Å²) >= 11 is 0. The largest absolute Gasteiger partial charge is 0.481 e. The molecule has 5 heteroatoms. The van der Waals surface area contributed by atoms with Gasteiger partial charge in [-0.25, -0.2) is 0 Å². The molecule has 0 N–H and O–H groups in total. The Morgan fingerprint density at radius 2 is 2.00 bits per heavy atom. The highest BCUT2D eigenvalue weighted by molar-refractivity contribution is 6.60. The first kappa shape index (κ1) is 7.63. The number of Topliss-reactive ketones (excluding diaryl/α,β-unsaturated/α-hetero) is 1. The van der Waals surface area contributed by atoms with Crippen LogP contribution in [0.5, 0.6) is 0 Å². The van der Waals surface area contributed by atoms with Crippen LogP contribution in [0.2, 0.25) is 5.82 Å². The number of rotatable bonds is 1. The molecule has 1 rings (SSSR count). The van der Waals surface area contributed by atoms with E-state index in [2.05, 4.69) is 0 Å². The van der Waals surface area contributed by atoms with E-state index in [-0.39, 0.29) is 25.0 Å². The van der Waals surface area contributed by atoms with Gasteiger partial charge in [0.2, 0.25) is 0 Å². The molecule has 0 aromatic carbocycles. The summed E-state index contributed by atoms with van der Waals surface area (Å²) in [5.41, 5.74) is 0. The Bertz CT molecular complexity index is 153. The fraction of sp³-hybridized carbons (Fsp3) is 0.800. The van der Waals surface area contributed by atoms with Crippen LogP contribution in [0.4, 0.5) is 12.9 Å². The van der Waals surface area contributed by atoms with Crippen LogP contribution in [0.25, 0.3) is 0 Å². The second-order valence-electron chi connectivity index (χ2n) is 2.67. The molecule has 1 fully saturated rings. The number of ketones is 1. The van der Waals surface area contributed by atoms with E-state index >= 15 is 0 Å². The fourth-order valence-electron chi connectivity index (χ4n) is 1.17. The Labute approximate surface area is 56.7 Å². The number of carbonyl (C=O) groups is 1. The van der Waals surface area contributed by atoms with Crippen LogP contribution in [-0.4, -0.2) is 12.8 Å². The molecule has 0 aliphatic heterocycles. The average molecular weight is 151 g/mol. The molecule has 0 amide bonds. The van der Waals surface area contributed by atoms with Crippen LogP contribution in [0.3, 0.4) is 0 Å². The van der Waals surface area contributed by atoms with Crippen molar-refractivity contribution in [3.63, 3.8) is 0 Å². The first-order chi connectivity index (χ1) is 4.50. The molecule has 1 nitrogen and oxygen atoms in total. The van der Waals surface area contributed by atoms with E-state index in [9.17, 15) is 17.7 Å². The van der Waals surface area contributed by atoms with Gasteiger partial charge in [0, 0.05) is 6.42 Å². The fourth-order valence-corrected chi connectivity index (χ4v) is 1.17. The van der Waals surface area contributed by atoms with Gasteiger partial charge in [0.1, 0.15) is 5.78 Å². The Kier molecular flexibility index (Phi) is 1.75. The third-order valence-corrected chi connectivity index (χ3v) is 1.82. The Hall–Kier alpha value is -0.475. The first-order valence-electron chi connectivity index (χ1n) is 3.22. The molecular weight excluding hydrogens is 144 g/mol. The molecule has 0 radical (unpaired) electrons. The summed E-state index contributed by atoms with van der Waals surface area (Å²) in [5, 5.41) is 0. The van der Waals surface area contributed by atoms with Gasteiger partial charge >= 0.3 is 6.98 Å². The first-order valence-corrected chi connectivity index (χ1v) is 3.22. The summed E-state index contributed by atoms with van der Waals surface area (Å²) in [6, 6.07) is 0. The van der Waals surface area contributed by atoms with Gasteiger partial charge in [0.05, 0.1) is 0 Å². The molecule has 0 bridgehead atoms. The maximum Gasteiger partial charge on any atom is 0.481 e. The molecule has 58 valence electrons. The van der Waals surface area contributed by atoms with Gasteiger partial charge in [0.25, 0.3) is 0 Å². The van der Waals surface area contributed by atoms with E-state index in [0.717, 1.165) is 0 Å². The molecule has 1 aliphatic carbocycles. The lowest BCUT2D eigenvalue weighted by molar-refractivity contribution is -0.117. The van der Waals surface area contributed by atoms with Gasteiger partial charge in [0.15, 0.2) is 0 Å². The van der Waals surface area contributed by atoms with Crippen LogP contribution in [0.15, 0.2) is 0 Å². The smallest absolute Gasteiger partial charge is 0.449 e. The number of halogens is 3. The van der Waals surface area contributed by atoms with Crippen molar-refractivity contribution in [2.24, 2.45) is 0 Å². The minimum absolute atomic E-state index is 0.0162. The molecule has 1 saturated carbocycles. The molecule has 10 heavy (non-hydrogen) atoms. The maximum atomic E-state index is 11.8. The topological polar surface area (TPSA) is 17.1 Å². The standard InChI is InChI=1S/C5H7BF3O/c7-6(8,9)4-1-2-5(10)3-4/h4H,1-3H2/q-1/t4-/m1/s1. The second-order valence-corrected chi connectivity index (χ2v) is 2.67. The predicted molar refractivity (Wildman–Crippen MR) is 31.7 cm³/mol. The van der Waals surface area contributed by atoms with Crippen molar-refractivity contribution in [1.82, 2.24) is 0 Å². The zero-order valence-electron chi connectivity index (χ0n) is 5.32. The number of carbonyl (C=O) groups excluding carboxylic acids is 1. The Morgan fingerprint density at radius 3 is 2.20 bits per heavy atom. The predicted octanol–water partition coefficient (Wildman–Crippen LogP) is 1.96. The SMILES string of the molecule is O=C1CC[C@@H]([B-](F)(F)F)C1. The normalized spacial score (nSPS) is 27.5. The molecule has 1 atom stereocenters. The summed E-state index contributed by atoms with van der Waals surface area (Å²) < 4.78 is 35.5. The summed E-state index contributed by atoms with van der Waals surface area (Å²) in [6.07, 6.45) is -0.141. The van der Waals surface area contributed by atoms with Crippen LogP contribution < -0.4 is 0 Å². The highest BCUT2D eigenvalue weighted by Gasteiger charge is 2.39. The summed E-state index contributed by atoms with van der Waals surface area (Å²) in [7, 11) is 0. The zero-order valence-corrected chi connectivity index (χ0v) is 5.32. The van der Waals surface area contributed by atoms with Gasteiger partial charge < -0.3 is 12.9 Å². The number of hydrogen-bond acceptors (Lipinski definition) is 1. The average Bonchev–Trinajstić information content (AvgIpc) is 2.11. The van der Waals surface area contributed by atoms with Gasteiger partial charge in [-0.15, -0.1) is 0 Å². The molecule has 0 aromatic heterocycles. The van der Waals surface area contributed by atoms with Crippen molar-refractivity contribution in [1.29, 1.82) is 0 Å². The monoisotopic (exact) mass is 151 g/mol. The lowest BCUT2D eigenvalue weighted by Gasteiger charge is -2.19. The van der Waals surface area contributed by atoms with Gasteiger partial charge in [-0.1, -0.05) is 12.2 Å². The van der Waals surface area contributed by atoms with Crippen molar-refractivity contribution in [2.45, 2.75) is 25.1 Å². The molecule has 0 spiro atoms. The van der Waals surface area contributed by atoms with Crippen LogP contribution in [0, 0.1) is 0 Å². The van der Waals surface area contributed by atoms with E-state index in [0.29, 0.717) is 0 Å². The van der Waals surface area contributed by atoms with E-state index in [1.165, 1.54) is 0 Å². The van der Waals surface area contributed by atoms with Gasteiger partial charge in [-0.3, -0.25) is 4.79 Å². The van der Waals surface area contributed by atoms with Crippen molar-refractivity contribution < 1.29 is 17.7 Å². The minimum atomic E-state index is -4.76. The van der Waals surface area contributed by atoms with Crippen molar-refractivity contribution in [3.8, 4) is 0 Å².